The summed E-state index contributed by atoms with van der Waals surface area (Å²) in [6.45, 7) is 2.46. The first kappa shape index (κ1) is 15.4. The Kier molecular flexibility index (Phi) is 6.37. The van der Waals surface area contributed by atoms with Crippen LogP contribution in [0.5, 0.6) is 5.75 Å². The minimum atomic E-state index is 0.721. The lowest BCUT2D eigenvalue weighted by molar-refractivity contribution is 0.308. The zero-order valence-electron chi connectivity index (χ0n) is 11.1. The minimum Gasteiger partial charge on any atom is -0.494 e. The molecule has 0 saturated carbocycles. The van der Waals surface area contributed by atoms with Crippen LogP contribution < -0.4 is 10.1 Å². The number of rotatable bonds is 7. The van der Waals surface area contributed by atoms with Crippen LogP contribution in [0, 0.1) is 0 Å². The number of ether oxygens (including phenoxy) is 1. The van der Waals surface area contributed by atoms with Crippen molar-refractivity contribution < 1.29 is 4.74 Å². The van der Waals surface area contributed by atoms with E-state index in [0.717, 1.165) is 41.4 Å². The number of benzene rings is 2. The average Bonchev–Trinajstić information content (AvgIpc) is 2.46. The molecule has 0 spiro atoms. The van der Waals surface area contributed by atoms with Crippen molar-refractivity contribution in [2.75, 3.05) is 13.2 Å². The molecule has 0 heterocycles. The molecule has 2 aromatic rings. The second-order valence-electron chi connectivity index (χ2n) is 4.43. The van der Waals surface area contributed by atoms with Gasteiger partial charge in [-0.25, -0.2) is 0 Å². The topological polar surface area (TPSA) is 21.3 Å². The van der Waals surface area contributed by atoms with Gasteiger partial charge in [0.1, 0.15) is 5.75 Å². The van der Waals surface area contributed by atoms with Gasteiger partial charge in [-0.3, -0.25) is 0 Å². The van der Waals surface area contributed by atoms with E-state index in [9.17, 15) is 0 Å². The Hall–Kier alpha value is -1.03. The van der Waals surface area contributed by atoms with E-state index in [1.807, 2.05) is 48.5 Å². The molecule has 2 nitrogen and oxygen atoms in total. The van der Waals surface area contributed by atoms with Gasteiger partial charge in [0.25, 0.3) is 0 Å². The number of halogens is 2. The average molecular weight is 355 g/mol. The number of hydrogen-bond donors (Lipinski definition) is 1. The van der Waals surface area contributed by atoms with Crippen LogP contribution in [0.2, 0.25) is 5.02 Å². The van der Waals surface area contributed by atoms with E-state index in [2.05, 4.69) is 21.2 Å². The summed E-state index contributed by atoms with van der Waals surface area (Å²) in [5.74, 6) is 0.924. The molecule has 0 radical (unpaired) electrons. The van der Waals surface area contributed by atoms with Crippen LogP contribution in [0.1, 0.15) is 12.0 Å². The van der Waals surface area contributed by atoms with E-state index >= 15 is 0 Å². The highest BCUT2D eigenvalue weighted by Gasteiger charge is 2.00. The fourth-order valence-corrected chi connectivity index (χ4v) is 2.61. The zero-order valence-corrected chi connectivity index (χ0v) is 13.5. The van der Waals surface area contributed by atoms with E-state index in [0.29, 0.717) is 0 Å². The monoisotopic (exact) mass is 353 g/mol. The van der Waals surface area contributed by atoms with Crippen molar-refractivity contribution in [1.29, 1.82) is 0 Å². The molecule has 2 aromatic carbocycles. The van der Waals surface area contributed by atoms with Crippen LogP contribution in [0.4, 0.5) is 0 Å². The highest BCUT2D eigenvalue weighted by molar-refractivity contribution is 9.10. The predicted molar refractivity (Wildman–Crippen MR) is 87.4 cm³/mol. The maximum Gasteiger partial charge on any atom is 0.119 e. The molecule has 0 saturated heterocycles. The maximum absolute atomic E-state index is 5.91. The van der Waals surface area contributed by atoms with Crippen LogP contribution in [-0.4, -0.2) is 13.2 Å². The van der Waals surface area contributed by atoms with Crippen molar-refractivity contribution in [2.24, 2.45) is 0 Å². The highest BCUT2D eigenvalue weighted by atomic mass is 79.9. The van der Waals surface area contributed by atoms with E-state index in [4.69, 9.17) is 16.3 Å². The lowest BCUT2D eigenvalue weighted by Crippen LogP contribution is -2.17. The first-order chi connectivity index (χ1) is 9.75. The third-order valence-corrected chi connectivity index (χ3v) is 3.81. The molecule has 106 valence electrons. The molecular weight excluding hydrogens is 338 g/mol. The van der Waals surface area contributed by atoms with Gasteiger partial charge < -0.3 is 10.1 Å². The molecule has 0 atom stereocenters. The SMILES string of the molecule is Clc1ccc(CNCCCOc2ccccc2)c(Br)c1. The number of nitrogens with one attached hydrogen (secondary N) is 1. The van der Waals surface area contributed by atoms with Crippen LogP contribution in [0.15, 0.2) is 53.0 Å². The molecule has 0 aliphatic heterocycles. The van der Waals surface area contributed by atoms with Gasteiger partial charge in [0.2, 0.25) is 0 Å². The Bertz CT molecular complexity index is 533. The summed E-state index contributed by atoms with van der Waals surface area (Å²) in [6.07, 6.45) is 0.972. The first-order valence-electron chi connectivity index (χ1n) is 6.58. The molecule has 0 unspecified atom stereocenters. The fraction of sp³-hybridized carbons (Fsp3) is 0.250. The predicted octanol–water partition coefficient (Wildman–Crippen LogP) is 4.66. The lowest BCUT2D eigenvalue weighted by Gasteiger charge is -2.08. The van der Waals surface area contributed by atoms with Crippen molar-refractivity contribution in [3.05, 3.63) is 63.6 Å². The van der Waals surface area contributed by atoms with Gasteiger partial charge in [0.05, 0.1) is 6.61 Å². The van der Waals surface area contributed by atoms with E-state index < -0.39 is 0 Å². The van der Waals surface area contributed by atoms with Gasteiger partial charge in [-0.1, -0.05) is 51.8 Å². The molecule has 0 aromatic heterocycles. The third-order valence-electron chi connectivity index (χ3n) is 2.84. The van der Waals surface area contributed by atoms with E-state index in [1.54, 1.807) is 0 Å². The van der Waals surface area contributed by atoms with Crippen molar-refractivity contribution >= 4 is 27.5 Å². The Morgan fingerprint density at radius 3 is 2.65 bits per heavy atom. The molecular formula is C16H17BrClNO. The van der Waals surface area contributed by atoms with Crippen LogP contribution in [-0.2, 0) is 6.54 Å². The summed E-state index contributed by atoms with van der Waals surface area (Å²) in [5.41, 5.74) is 1.21. The highest BCUT2D eigenvalue weighted by Crippen LogP contribution is 2.21. The van der Waals surface area contributed by atoms with Crippen molar-refractivity contribution in [1.82, 2.24) is 5.32 Å². The number of hydrogen-bond acceptors (Lipinski definition) is 2. The van der Waals surface area contributed by atoms with Crippen molar-refractivity contribution in [2.45, 2.75) is 13.0 Å². The Morgan fingerprint density at radius 1 is 1.10 bits per heavy atom. The van der Waals surface area contributed by atoms with E-state index in [1.165, 1.54) is 5.56 Å². The summed E-state index contributed by atoms with van der Waals surface area (Å²) < 4.78 is 6.67. The van der Waals surface area contributed by atoms with Crippen molar-refractivity contribution in [3.8, 4) is 5.75 Å². The fourth-order valence-electron chi connectivity index (χ4n) is 1.79. The van der Waals surface area contributed by atoms with Crippen LogP contribution in [0.3, 0.4) is 0 Å². The second-order valence-corrected chi connectivity index (χ2v) is 5.72. The molecule has 2 rings (SSSR count). The van der Waals surface area contributed by atoms with Crippen molar-refractivity contribution in [3.63, 3.8) is 0 Å². The van der Waals surface area contributed by atoms with E-state index in [-0.39, 0.29) is 0 Å². The Labute approximate surface area is 133 Å². The van der Waals surface area contributed by atoms with Crippen LogP contribution in [0.25, 0.3) is 0 Å². The smallest absolute Gasteiger partial charge is 0.119 e. The Morgan fingerprint density at radius 2 is 1.90 bits per heavy atom. The summed E-state index contributed by atoms with van der Waals surface area (Å²) in [7, 11) is 0. The van der Waals surface area contributed by atoms with Crippen LogP contribution >= 0.6 is 27.5 Å². The van der Waals surface area contributed by atoms with Gasteiger partial charge in [-0.15, -0.1) is 0 Å². The van der Waals surface area contributed by atoms with Gasteiger partial charge >= 0.3 is 0 Å². The largest absolute Gasteiger partial charge is 0.494 e. The summed E-state index contributed by atoms with van der Waals surface area (Å²) in [6, 6.07) is 15.7. The summed E-state index contributed by atoms with van der Waals surface area (Å²) >= 11 is 9.42. The normalized spacial score (nSPS) is 10.5. The molecule has 1 N–H and O–H groups in total. The summed E-state index contributed by atoms with van der Waals surface area (Å²) in [4.78, 5) is 0. The third kappa shape index (κ3) is 5.16. The molecule has 0 bridgehead atoms. The Balaban J connectivity index is 1.62. The quantitative estimate of drug-likeness (QED) is 0.730. The molecule has 0 fully saturated rings. The molecule has 0 amide bonds. The van der Waals surface area contributed by atoms with Gasteiger partial charge in [0.15, 0.2) is 0 Å². The molecule has 20 heavy (non-hydrogen) atoms. The standard InChI is InChI=1S/C16H17BrClNO/c17-16-11-14(18)8-7-13(16)12-19-9-4-10-20-15-5-2-1-3-6-15/h1-3,5-8,11,19H,4,9-10,12H2. The van der Waals surface area contributed by atoms with Gasteiger partial charge in [-0.05, 0) is 42.8 Å². The maximum atomic E-state index is 5.91. The first-order valence-corrected chi connectivity index (χ1v) is 7.75. The lowest BCUT2D eigenvalue weighted by atomic mass is 10.2. The number of para-hydroxylation sites is 1. The summed E-state index contributed by atoms with van der Waals surface area (Å²) in [5, 5.41) is 4.14. The molecule has 4 heteroatoms. The van der Waals surface area contributed by atoms with Gasteiger partial charge in [0, 0.05) is 16.0 Å². The zero-order chi connectivity index (χ0) is 14.2. The van der Waals surface area contributed by atoms with Gasteiger partial charge in [-0.2, -0.15) is 0 Å². The minimum absolute atomic E-state index is 0.721. The second kappa shape index (κ2) is 8.30. The molecule has 0 aliphatic rings. The molecule has 0 aliphatic carbocycles.